The number of aromatic nitrogens is 2. The molecule has 1 saturated carbocycles. The molecule has 0 amide bonds. The molecule has 1 aliphatic carbocycles. The Morgan fingerprint density at radius 2 is 1.94 bits per heavy atom. The quantitative estimate of drug-likeness (QED) is 0.855. The van der Waals surface area contributed by atoms with Crippen LogP contribution in [0.2, 0.25) is 0 Å². The van der Waals surface area contributed by atoms with Crippen LogP contribution < -0.4 is 5.73 Å². The standard InChI is InChI=1S/C14H15N3O/c15-14(5-6-14)11-2-4-13(17-8-11)10-1-3-12(9-18)16-7-10/h1-4,7-8,18H,5-6,9,15H2. The highest BCUT2D eigenvalue weighted by Gasteiger charge is 2.40. The maximum absolute atomic E-state index is 8.94. The van der Waals surface area contributed by atoms with Crippen molar-refractivity contribution in [3.8, 4) is 11.3 Å². The maximum Gasteiger partial charge on any atom is 0.0852 e. The fourth-order valence-corrected chi connectivity index (χ4v) is 1.95. The lowest BCUT2D eigenvalue weighted by atomic mass is 10.1. The lowest BCUT2D eigenvalue weighted by Crippen LogP contribution is -2.18. The Balaban J connectivity index is 1.87. The summed E-state index contributed by atoms with van der Waals surface area (Å²) in [6, 6.07) is 7.72. The van der Waals surface area contributed by atoms with Crippen LogP contribution in [0.25, 0.3) is 11.3 Å². The highest BCUT2D eigenvalue weighted by molar-refractivity contribution is 5.58. The minimum atomic E-state index is -0.134. The van der Waals surface area contributed by atoms with Gasteiger partial charge in [-0.1, -0.05) is 6.07 Å². The van der Waals surface area contributed by atoms with Crippen molar-refractivity contribution in [3.63, 3.8) is 0 Å². The summed E-state index contributed by atoms with van der Waals surface area (Å²) in [5.74, 6) is 0. The number of aliphatic hydroxyl groups excluding tert-OH is 1. The van der Waals surface area contributed by atoms with Crippen molar-refractivity contribution in [2.45, 2.75) is 25.0 Å². The first-order valence-corrected chi connectivity index (χ1v) is 6.03. The normalized spacial score (nSPS) is 16.6. The van der Waals surface area contributed by atoms with Gasteiger partial charge in [0.1, 0.15) is 0 Å². The second-order valence-corrected chi connectivity index (χ2v) is 4.78. The smallest absolute Gasteiger partial charge is 0.0852 e. The third-order valence-electron chi connectivity index (χ3n) is 3.41. The number of pyridine rings is 2. The van der Waals surface area contributed by atoms with Crippen LogP contribution in [0.3, 0.4) is 0 Å². The second-order valence-electron chi connectivity index (χ2n) is 4.78. The number of rotatable bonds is 3. The van der Waals surface area contributed by atoms with Crippen LogP contribution >= 0.6 is 0 Å². The van der Waals surface area contributed by atoms with Gasteiger partial charge in [-0.2, -0.15) is 0 Å². The topological polar surface area (TPSA) is 72.0 Å². The molecule has 2 aromatic rings. The predicted molar refractivity (Wildman–Crippen MR) is 68.5 cm³/mol. The number of nitrogens with two attached hydrogens (primary N) is 1. The molecule has 1 fully saturated rings. The van der Waals surface area contributed by atoms with Gasteiger partial charge >= 0.3 is 0 Å². The highest BCUT2D eigenvalue weighted by atomic mass is 16.3. The zero-order valence-electron chi connectivity index (χ0n) is 10.0. The Morgan fingerprint density at radius 3 is 2.44 bits per heavy atom. The van der Waals surface area contributed by atoms with Crippen LogP contribution in [0, 0.1) is 0 Å². The van der Waals surface area contributed by atoms with E-state index in [1.54, 1.807) is 12.3 Å². The molecule has 3 N–H and O–H groups in total. The molecular formula is C14H15N3O. The number of nitrogens with zero attached hydrogens (tertiary/aromatic N) is 2. The SMILES string of the molecule is NC1(c2ccc(-c3ccc(CO)nc3)nc2)CC1. The number of hydrogen-bond acceptors (Lipinski definition) is 4. The zero-order chi connectivity index (χ0) is 12.6. The third kappa shape index (κ3) is 2.00. The summed E-state index contributed by atoms with van der Waals surface area (Å²) in [7, 11) is 0. The van der Waals surface area contributed by atoms with E-state index in [0.29, 0.717) is 5.69 Å². The van der Waals surface area contributed by atoms with Gasteiger partial charge in [-0.25, -0.2) is 0 Å². The summed E-state index contributed by atoms with van der Waals surface area (Å²) >= 11 is 0. The van der Waals surface area contributed by atoms with E-state index in [9.17, 15) is 0 Å². The van der Waals surface area contributed by atoms with Gasteiger partial charge in [-0.05, 0) is 36.6 Å². The Morgan fingerprint density at radius 1 is 1.11 bits per heavy atom. The maximum atomic E-state index is 8.94. The van der Waals surface area contributed by atoms with Crippen molar-refractivity contribution in [2.24, 2.45) is 5.73 Å². The Bertz CT molecular complexity index is 544. The van der Waals surface area contributed by atoms with E-state index in [0.717, 1.165) is 29.7 Å². The van der Waals surface area contributed by atoms with Crippen LogP contribution in [0.5, 0.6) is 0 Å². The molecule has 2 heterocycles. The molecule has 4 heteroatoms. The van der Waals surface area contributed by atoms with E-state index in [1.807, 2.05) is 24.4 Å². The first-order valence-electron chi connectivity index (χ1n) is 6.03. The molecule has 2 aromatic heterocycles. The number of hydrogen-bond donors (Lipinski definition) is 2. The molecule has 0 saturated heterocycles. The third-order valence-corrected chi connectivity index (χ3v) is 3.41. The summed E-state index contributed by atoms with van der Waals surface area (Å²) in [6.45, 7) is -0.0393. The summed E-state index contributed by atoms with van der Waals surface area (Å²) in [5.41, 5.74) is 9.56. The Labute approximate surface area is 106 Å². The van der Waals surface area contributed by atoms with Gasteiger partial charge in [-0.3, -0.25) is 9.97 Å². The summed E-state index contributed by atoms with van der Waals surface area (Å²) in [4.78, 5) is 8.57. The van der Waals surface area contributed by atoms with Crippen molar-refractivity contribution in [3.05, 3.63) is 47.9 Å². The highest BCUT2D eigenvalue weighted by Crippen LogP contribution is 2.42. The van der Waals surface area contributed by atoms with Gasteiger partial charge in [0.25, 0.3) is 0 Å². The van der Waals surface area contributed by atoms with E-state index in [2.05, 4.69) is 9.97 Å². The van der Waals surface area contributed by atoms with Gasteiger partial charge in [0, 0.05) is 23.5 Å². The molecule has 0 radical (unpaired) electrons. The van der Waals surface area contributed by atoms with E-state index in [-0.39, 0.29) is 12.1 Å². The fourth-order valence-electron chi connectivity index (χ4n) is 1.95. The molecule has 92 valence electrons. The molecule has 0 bridgehead atoms. The monoisotopic (exact) mass is 241 g/mol. The van der Waals surface area contributed by atoms with Crippen LogP contribution in [0.4, 0.5) is 0 Å². The van der Waals surface area contributed by atoms with Gasteiger partial charge in [-0.15, -0.1) is 0 Å². The van der Waals surface area contributed by atoms with Crippen molar-refractivity contribution in [2.75, 3.05) is 0 Å². The molecule has 0 atom stereocenters. The Hall–Kier alpha value is -1.78. The van der Waals surface area contributed by atoms with E-state index < -0.39 is 0 Å². The van der Waals surface area contributed by atoms with E-state index in [1.165, 1.54) is 0 Å². The Kier molecular flexibility index (Phi) is 2.61. The molecule has 0 aliphatic heterocycles. The lowest BCUT2D eigenvalue weighted by molar-refractivity contribution is 0.277. The van der Waals surface area contributed by atoms with Gasteiger partial charge in [0.2, 0.25) is 0 Å². The van der Waals surface area contributed by atoms with E-state index in [4.69, 9.17) is 10.8 Å². The molecule has 1 aliphatic rings. The lowest BCUT2D eigenvalue weighted by Gasteiger charge is -2.09. The molecule has 0 unspecified atom stereocenters. The zero-order valence-corrected chi connectivity index (χ0v) is 10.0. The average Bonchev–Trinajstić information content (AvgIpc) is 3.18. The first kappa shape index (κ1) is 11.3. The molecule has 0 spiro atoms. The summed E-state index contributed by atoms with van der Waals surface area (Å²) in [5, 5.41) is 8.94. The van der Waals surface area contributed by atoms with Crippen molar-refractivity contribution in [1.82, 2.24) is 9.97 Å². The van der Waals surface area contributed by atoms with Gasteiger partial charge < -0.3 is 10.8 Å². The predicted octanol–water partition coefficient (Wildman–Crippen LogP) is 1.58. The largest absolute Gasteiger partial charge is 0.390 e. The minimum absolute atomic E-state index is 0.0393. The summed E-state index contributed by atoms with van der Waals surface area (Å²) in [6.07, 6.45) is 5.66. The van der Waals surface area contributed by atoms with Crippen LogP contribution in [0.15, 0.2) is 36.7 Å². The van der Waals surface area contributed by atoms with Gasteiger partial charge in [0.15, 0.2) is 0 Å². The summed E-state index contributed by atoms with van der Waals surface area (Å²) < 4.78 is 0. The van der Waals surface area contributed by atoms with Crippen LogP contribution in [-0.2, 0) is 12.1 Å². The van der Waals surface area contributed by atoms with Crippen LogP contribution in [0.1, 0.15) is 24.1 Å². The van der Waals surface area contributed by atoms with Crippen LogP contribution in [-0.4, -0.2) is 15.1 Å². The van der Waals surface area contributed by atoms with Crippen molar-refractivity contribution in [1.29, 1.82) is 0 Å². The minimum Gasteiger partial charge on any atom is -0.390 e. The molecule has 18 heavy (non-hydrogen) atoms. The molecule has 0 aromatic carbocycles. The van der Waals surface area contributed by atoms with Gasteiger partial charge in [0.05, 0.1) is 18.0 Å². The second kappa shape index (κ2) is 4.15. The first-order chi connectivity index (χ1) is 8.71. The molecule has 3 rings (SSSR count). The van der Waals surface area contributed by atoms with Crippen molar-refractivity contribution < 1.29 is 5.11 Å². The molecule has 4 nitrogen and oxygen atoms in total. The average molecular weight is 241 g/mol. The van der Waals surface area contributed by atoms with Crippen molar-refractivity contribution >= 4 is 0 Å². The number of aliphatic hydroxyl groups is 1. The van der Waals surface area contributed by atoms with E-state index >= 15 is 0 Å². The fraction of sp³-hybridized carbons (Fsp3) is 0.286. The molecular weight excluding hydrogens is 226 g/mol.